The standard InChI is InChI=1S/C44H25N3O2/c48-43-34-16-8-9-17-42(34)49-44-45-38-25-40-37(24-41(38)47(43)44)36-22-27(26-10-2-1-3-11-26)18-21-39(36)46(40)28-19-20-33-31-14-5-4-12-29(31)30-13-6-7-15-32(30)35(33)23-28/h1-25H. The van der Waals surface area contributed by atoms with Crippen LogP contribution >= 0.6 is 0 Å². The smallest absolute Gasteiger partial charge is 0.310 e. The Morgan fingerprint density at radius 1 is 0.449 bits per heavy atom. The molecule has 8 aromatic carbocycles. The van der Waals surface area contributed by atoms with E-state index in [9.17, 15) is 4.79 Å². The molecule has 0 atom stereocenters. The van der Waals surface area contributed by atoms with Crippen LogP contribution in [0.1, 0.15) is 0 Å². The van der Waals surface area contributed by atoms with Gasteiger partial charge in [-0.2, -0.15) is 4.98 Å². The van der Waals surface area contributed by atoms with Gasteiger partial charge in [-0.25, -0.2) is 4.40 Å². The van der Waals surface area contributed by atoms with E-state index in [4.69, 9.17) is 9.40 Å². The van der Waals surface area contributed by atoms with Gasteiger partial charge in [-0.3, -0.25) is 4.79 Å². The van der Waals surface area contributed by atoms with Gasteiger partial charge in [0.2, 0.25) is 0 Å². The number of rotatable bonds is 2. The molecular weight excluding hydrogens is 603 g/mol. The molecule has 0 saturated carbocycles. The van der Waals surface area contributed by atoms with Crippen LogP contribution in [-0.2, 0) is 0 Å². The van der Waals surface area contributed by atoms with Crippen LogP contribution in [-0.4, -0.2) is 14.0 Å². The van der Waals surface area contributed by atoms with E-state index < -0.39 is 0 Å². The topological polar surface area (TPSA) is 52.4 Å². The summed E-state index contributed by atoms with van der Waals surface area (Å²) in [7, 11) is 0. The van der Waals surface area contributed by atoms with Crippen molar-refractivity contribution in [3.63, 3.8) is 0 Å². The van der Waals surface area contributed by atoms with Crippen molar-refractivity contribution in [2.24, 2.45) is 0 Å². The second-order valence-electron chi connectivity index (χ2n) is 12.7. The number of para-hydroxylation sites is 1. The van der Waals surface area contributed by atoms with Crippen LogP contribution in [0, 0.1) is 0 Å². The highest BCUT2D eigenvalue weighted by Gasteiger charge is 2.20. The van der Waals surface area contributed by atoms with Crippen LogP contribution in [0.3, 0.4) is 0 Å². The quantitative estimate of drug-likeness (QED) is 0.179. The average molecular weight is 628 g/mol. The Labute approximate surface area is 278 Å². The Kier molecular flexibility index (Phi) is 5.19. The van der Waals surface area contributed by atoms with Crippen LogP contribution in [0.2, 0.25) is 0 Å². The molecule has 0 unspecified atom stereocenters. The van der Waals surface area contributed by atoms with E-state index in [0.29, 0.717) is 16.5 Å². The number of imidazole rings is 1. The lowest BCUT2D eigenvalue weighted by Crippen LogP contribution is -2.12. The SMILES string of the molecule is O=c1c2ccccc2oc2nc3cc4c(cc3n12)c1cc(-c2ccccc2)ccc1n4-c1ccc2c3ccccc3c3ccccc3c2c1. The van der Waals surface area contributed by atoms with Crippen LogP contribution in [0.4, 0.5) is 0 Å². The Hall–Kier alpha value is -6.72. The molecule has 11 aromatic rings. The Bertz CT molecular complexity index is 3210. The second kappa shape index (κ2) is 9.66. The van der Waals surface area contributed by atoms with Gasteiger partial charge in [0.1, 0.15) is 5.58 Å². The first kappa shape index (κ1) is 26.4. The van der Waals surface area contributed by atoms with Crippen molar-refractivity contribution in [3.8, 4) is 16.8 Å². The van der Waals surface area contributed by atoms with Gasteiger partial charge in [0.05, 0.1) is 27.5 Å². The summed E-state index contributed by atoms with van der Waals surface area (Å²) in [6.45, 7) is 0. The molecule has 0 amide bonds. The van der Waals surface area contributed by atoms with Gasteiger partial charge in [-0.1, -0.05) is 103 Å². The van der Waals surface area contributed by atoms with Crippen LogP contribution in [0.5, 0.6) is 0 Å². The summed E-state index contributed by atoms with van der Waals surface area (Å²) in [4.78, 5) is 18.7. The highest BCUT2D eigenvalue weighted by molar-refractivity contribution is 6.25. The van der Waals surface area contributed by atoms with Gasteiger partial charge >= 0.3 is 5.84 Å². The van der Waals surface area contributed by atoms with E-state index in [0.717, 1.165) is 44.1 Å². The van der Waals surface area contributed by atoms with Gasteiger partial charge in [0.15, 0.2) is 0 Å². The number of benzene rings is 8. The molecule has 5 heteroatoms. The normalized spacial score (nSPS) is 12.2. The van der Waals surface area contributed by atoms with Gasteiger partial charge in [-0.05, 0) is 92.0 Å². The molecule has 3 heterocycles. The molecule has 5 nitrogen and oxygen atoms in total. The summed E-state index contributed by atoms with van der Waals surface area (Å²) in [5.41, 5.74) is 7.25. The minimum absolute atomic E-state index is 0.138. The lowest BCUT2D eigenvalue weighted by molar-refractivity contribution is 0.616. The summed E-state index contributed by atoms with van der Waals surface area (Å²) in [5, 5.41) is 10.1. The lowest BCUT2D eigenvalue weighted by atomic mass is 9.94. The van der Waals surface area contributed by atoms with E-state index in [1.54, 1.807) is 10.5 Å². The summed E-state index contributed by atoms with van der Waals surface area (Å²) in [5.74, 6) is 0.288. The van der Waals surface area contributed by atoms with Crippen molar-refractivity contribution in [1.29, 1.82) is 0 Å². The Morgan fingerprint density at radius 2 is 1.08 bits per heavy atom. The van der Waals surface area contributed by atoms with E-state index in [-0.39, 0.29) is 11.4 Å². The number of aromatic nitrogens is 3. The molecule has 11 rings (SSSR count). The molecule has 0 aliphatic heterocycles. The molecule has 0 fully saturated rings. The zero-order valence-electron chi connectivity index (χ0n) is 26.1. The molecule has 49 heavy (non-hydrogen) atoms. The minimum atomic E-state index is -0.138. The van der Waals surface area contributed by atoms with Crippen molar-refractivity contribution in [3.05, 3.63) is 162 Å². The second-order valence-corrected chi connectivity index (χ2v) is 12.7. The van der Waals surface area contributed by atoms with Crippen molar-refractivity contribution in [2.75, 3.05) is 0 Å². The summed E-state index contributed by atoms with van der Waals surface area (Å²) < 4.78 is 10.1. The van der Waals surface area contributed by atoms with E-state index in [1.807, 2.05) is 24.3 Å². The van der Waals surface area contributed by atoms with E-state index in [2.05, 4.69) is 126 Å². The number of nitrogens with zero attached hydrogens (tertiary/aromatic N) is 3. The summed E-state index contributed by atoms with van der Waals surface area (Å²) in [6, 6.07) is 52.8. The van der Waals surface area contributed by atoms with Gasteiger partial charge in [-0.15, -0.1) is 0 Å². The highest BCUT2D eigenvalue weighted by atomic mass is 16.4. The monoisotopic (exact) mass is 627 g/mol. The zero-order valence-corrected chi connectivity index (χ0v) is 26.1. The minimum Gasteiger partial charge on any atom is -0.424 e. The van der Waals surface area contributed by atoms with Gasteiger partial charge < -0.3 is 8.98 Å². The maximum absolute atomic E-state index is 13.8. The Balaban J connectivity index is 1.27. The van der Waals surface area contributed by atoms with E-state index in [1.165, 1.54) is 32.3 Å². The first-order valence-electron chi connectivity index (χ1n) is 16.4. The first-order valence-corrected chi connectivity index (χ1v) is 16.4. The first-order chi connectivity index (χ1) is 24.2. The number of hydrogen-bond acceptors (Lipinski definition) is 3. The molecule has 0 saturated heterocycles. The Morgan fingerprint density at radius 3 is 1.84 bits per heavy atom. The third kappa shape index (κ3) is 3.64. The van der Waals surface area contributed by atoms with Crippen molar-refractivity contribution in [1.82, 2.24) is 14.0 Å². The molecule has 0 aliphatic carbocycles. The maximum Gasteiger partial charge on any atom is 0.310 e. The summed E-state index contributed by atoms with van der Waals surface area (Å²) >= 11 is 0. The third-order valence-corrected chi connectivity index (χ3v) is 10.1. The average Bonchev–Trinajstić information content (AvgIpc) is 3.68. The predicted molar refractivity (Wildman–Crippen MR) is 201 cm³/mol. The largest absolute Gasteiger partial charge is 0.424 e. The van der Waals surface area contributed by atoms with Gasteiger partial charge in [0.25, 0.3) is 5.56 Å². The number of hydrogen-bond donors (Lipinski definition) is 0. The molecule has 3 aromatic heterocycles. The van der Waals surface area contributed by atoms with Gasteiger partial charge in [0, 0.05) is 16.5 Å². The van der Waals surface area contributed by atoms with E-state index >= 15 is 0 Å². The maximum atomic E-state index is 13.8. The molecular formula is C44H25N3O2. The number of fused-ring (bicyclic) bond motifs is 13. The van der Waals surface area contributed by atoms with Crippen LogP contribution in [0.15, 0.2) is 161 Å². The fraction of sp³-hybridized carbons (Fsp3) is 0. The molecule has 228 valence electrons. The summed E-state index contributed by atoms with van der Waals surface area (Å²) in [6.07, 6.45) is 0. The van der Waals surface area contributed by atoms with Crippen molar-refractivity contribution < 1.29 is 4.42 Å². The predicted octanol–water partition coefficient (Wildman–Crippen LogP) is 10.8. The molecule has 0 radical (unpaired) electrons. The zero-order chi connectivity index (χ0) is 32.2. The fourth-order valence-corrected chi connectivity index (χ4v) is 7.91. The van der Waals surface area contributed by atoms with Crippen LogP contribution < -0.4 is 5.56 Å². The van der Waals surface area contributed by atoms with Crippen molar-refractivity contribution >= 4 is 82.0 Å². The fourth-order valence-electron chi connectivity index (χ4n) is 7.91. The highest BCUT2D eigenvalue weighted by Crippen LogP contribution is 2.40. The molecule has 0 N–H and O–H groups in total. The lowest BCUT2D eigenvalue weighted by Gasteiger charge is -2.14. The third-order valence-electron chi connectivity index (χ3n) is 10.1. The van der Waals surface area contributed by atoms with Crippen LogP contribution in [0.25, 0.3) is 98.8 Å². The molecule has 0 spiro atoms. The van der Waals surface area contributed by atoms with Crippen molar-refractivity contribution in [2.45, 2.75) is 0 Å². The molecule has 0 aliphatic rings. The molecule has 0 bridgehead atoms.